The minimum Gasteiger partial charge on any atom is -0.481 e. The van der Waals surface area contributed by atoms with Crippen LogP contribution in [0.15, 0.2) is 4.99 Å². The molecular formula is C23H44N8O7. The van der Waals surface area contributed by atoms with Crippen molar-refractivity contribution < 1.29 is 34.2 Å². The Hall–Kier alpha value is -3.46. The van der Waals surface area contributed by atoms with Crippen molar-refractivity contribution >= 4 is 35.6 Å². The molecule has 0 aromatic rings. The van der Waals surface area contributed by atoms with E-state index in [9.17, 15) is 29.1 Å². The van der Waals surface area contributed by atoms with Crippen molar-refractivity contribution in [1.82, 2.24) is 16.0 Å². The highest BCUT2D eigenvalue weighted by molar-refractivity contribution is 5.94. The second-order valence-electron chi connectivity index (χ2n) is 9.42. The largest absolute Gasteiger partial charge is 0.481 e. The van der Waals surface area contributed by atoms with E-state index in [1.165, 1.54) is 0 Å². The van der Waals surface area contributed by atoms with Crippen LogP contribution in [0, 0.1) is 5.92 Å². The molecule has 0 aromatic heterocycles. The molecule has 4 unspecified atom stereocenters. The lowest BCUT2D eigenvalue weighted by Gasteiger charge is -2.25. The first-order valence-corrected chi connectivity index (χ1v) is 12.6. The smallest absolute Gasteiger partial charge is 0.326 e. The van der Waals surface area contributed by atoms with Gasteiger partial charge in [0.2, 0.25) is 17.7 Å². The lowest BCUT2D eigenvalue weighted by molar-refractivity contribution is -0.143. The monoisotopic (exact) mass is 544 g/mol. The number of carboxylic acid groups (broad SMARTS) is 2. The average molecular weight is 545 g/mol. The van der Waals surface area contributed by atoms with Crippen LogP contribution in [0.1, 0.15) is 65.2 Å². The van der Waals surface area contributed by atoms with Crippen molar-refractivity contribution in [3.05, 3.63) is 0 Å². The number of nitrogens with one attached hydrogen (secondary N) is 3. The molecule has 0 aliphatic rings. The SMILES string of the molecule is CC(C)CC(N)C(=O)NC(CCCN=C(N)N)C(=O)NC(CCC(=O)O)C(=O)NC(CCCCN)C(=O)O. The number of unbranched alkanes of at least 4 members (excludes halogenated alkanes) is 1. The summed E-state index contributed by atoms with van der Waals surface area (Å²) in [5.41, 5.74) is 22.0. The Balaban J connectivity index is 5.65. The van der Waals surface area contributed by atoms with Gasteiger partial charge in [-0.1, -0.05) is 13.8 Å². The zero-order chi connectivity index (χ0) is 29.3. The Bertz CT molecular complexity index is 818. The van der Waals surface area contributed by atoms with Crippen LogP contribution in [0.2, 0.25) is 0 Å². The molecule has 38 heavy (non-hydrogen) atoms. The predicted molar refractivity (Wildman–Crippen MR) is 141 cm³/mol. The van der Waals surface area contributed by atoms with E-state index in [2.05, 4.69) is 20.9 Å². The first-order valence-electron chi connectivity index (χ1n) is 12.6. The number of hydrogen-bond donors (Lipinski definition) is 9. The van der Waals surface area contributed by atoms with Gasteiger partial charge < -0.3 is 49.1 Å². The maximum absolute atomic E-state index is 13.1. The third-order valence-electron chi connectivity index (χ3n) is 5.48. The summed E-state index contributed by atoms with van der Waals surface area (Å²) < 4.78 is 0. The third-order valence-corrected chi connectivity index (χ3v) is 5.48. The molecule has 0 saturated heterocycles. The fourth-order valence-corrected chi connectivity index (χ4v) is 3.50. The molecule has 0 bridgehead atoms. The minimum absolute atomic E-state index is 0.0901. The molecule has 4 atom stereocenters. The number of nitrogens with zero attached hydrogens (tertiary/aromatic N) is 1. The van der Waals surface area contributed by atoms with Gasteiger partial charge in [-0.15, -0.1) is 0 Å². The van der Waals surface area contributed by atoms with Gasteiger partial charge in [0, 0.05) is 13.0 Å². The number of amides is 3. The van der Waals surface area contributed by atoms with Crippen LogP contribution in [0.25, 0.3) is 0 Å². The quantitative estimate of drug-likeness (QED) is 0.0456. The van der Waals surface area contributed by atoms with Gasteiger partial charge in [-0.2, -0.15) is 0 Å². The van der Waals surface area contributed by atoms with Crippen LogP contribution in [0.4, 0.5) is 0 Å². The average Bonchev–Trinajstić information content (AvgIpc) is 2.81. The summed E-state index contributed by atoms with van der Waals surface area (Å²) in [6.45, 7) is 4.30. The number of aliphatic carboxylic acids is 2. The van der Waals surface area contributed by atoms with Gasteiger partial charge in [-0.05, 0) is 57.4 Å². The van der Waals surface area contributed by atoms with Crippen LogP contribution in [-0.4, -0.2) is 83.1 Å². The number of nitrogens with two attached hydrogens (primary N) is 4. The number of carbonyl (C=O) groups excluding carboxylic acids is 3. The number of rotatable bonds is 20. The van der Waals surface area contributed by atoms with E-state index in [1.807, 2.05) is 13.8 Å². The van der Waals surface area contributed by atoms with Gasteiger partial charge in [-0.25, -0.2) is 4.79 Å². The second kappa shape index (κ2) is 18.7. The topological polar surface area (TPSA) is 278 Å². The summed E-state index contributed by atoms with van der Waals surface area (Å²) in [5, 5.41) is 25.9. The van der Waals surface area contributed by atoms with Gasteiger partial charge in [0.25, 0.3) is 0 Å². The zero-order valence-corrected chi connectivity index (χ0v) is 22.2. The molecule has 15 nitrogen and oxygen atoms in total. The normalized spacial score (nSPS) is 14.0. The molecule has 0 saturated carbocycles. The molecule has 13 N–H and O–H groups in total. The number of hydrogen-bond acceptors (Lipinski definition) is 8. The number of aliphatic imine (C=N–C) groups is 1. The van der Waals surface area contributed by atoms with Crippen molar-refractivity contribution in [2.45, 2.75) is 89.4 Å². The predicted octanol–water partition coefficient (Wildman–Crippen LogP) is -2.05. The zero-order valence-electron chi connectivity index (χ0n) is 22.2. The highest BCUT2D eigenvalue weighted by Gasteiger charge is 2.30. The van der Waals surface area contributed by atoms with Gasteiger partial charge in [-0.3, -0.25) is 24.2 Å². The number of guanidine groups is 1. The summed E-state index contributed by atoms with van der Waals surface area (Å²) in [6, 6.07) is -4.62. The maximum atomic E-state index is 13.1. The van der Waals surface area contributed by atoms with Crippen LogP contribution in [0.5, 0.6) is 0 Å². The molecule has 0 aliphatic heterocycles. The van der Waals surface area contributed by atoms with Gasteiger partial charge >= 0.3 is 11.9 Å². The van der Waals surface area contributed by atoms with Crippen LogP contribution in [0.3, 0.4) is 0 Å². The Morgan fingerprint density at radius 2 is 1.32 bits per heavy atom. The maximum Gasteiger partial charge on any atom is 0.326 e. The summed E-state index contributed by atoms with van der Waals surface area (Å²) >= 11 is 0. The summed E-state index contributed by atoms with van der Waals surface area (Å²) in [6.07, 6.45) is 1.09. The van der Waals surface area contributed by atoms with Crippen LogP contribution >= 0.6 is 0 Å². The highest BCUT2D eigenvalue weighted by atomic mass is 16.4. The number of carboxylic acids is 2. The standard InChI is InChI=1S/C23H44N8O7/c1-13(2)12-14(25)19(34)29-15(7-5-11-28-23(26)27)20(35)30-16(8-9-18(32)33)21(36)31-17(22(37)38)6-3-4-10-24/h13-17H,3-12,24-25H2,1-2H3,(H,29,34)(H,30,35)(H,31,36)(H,32,33)(H,37,38)(H4,26,27,28). The molecule has 0 fully saturated rings. The second-order valence-corrected chi connectivity index (χ2v) is 9.42. The molecule has 0 heterocycles. The van der Waals surface area contributed by atoms with Crippen LogP contribution in [-0.2, 0) is 24.0 Å². The van der Waals surface area contributed by atoms with Crippen molar-refractivity contribution in [3.8, 4) is 0 Å². The Labute approximate surface area is 222 Å². The molecule has 0 rings (SSSR count). The molecule has 0 spiro atoms. The first-order chi connectivity index (χ1) is 17.8. The molecular weight excluding hydrogens is 500 g/mol. The third kappa shape index (κ3) is 15.6. The van der Waals surface area contributed by atoms with Crippen molar-refractivity contribution in [2.75, 3.05) is 13.1 Å². The lowest BCUT2D eigenvalue weighted by atomic mass is 10.0. The van der Waals surface area contributed by atoms with Crippen LogP contribution < -0.4 is 38.9 Å². The van der Waals surface area contributed by atoms with Crippen molar-refractivity contribution in [3.63, 3.8) is 0 Å². The molecule has 0 radical (unpaired) electrons. The number of carbonyl (C=O) groups is 5. The van der Waals surface area contributed by atoms with E-state index in [-0.39, 0.29) is 37.7 Å². The summed E-state index contributed by atoms with van der Waals surface area (Å²) in [5.74, 6) is -4.70. The summed E-state index contributed by atoms with van der Waals surface area (Å²) in [4.78, 5) is 65.2. The van der Waals surface area contributed by atoms with Gasteiger partial charge in [0.1, 0.15) is 18.1 Å². The minimum atomic E-state index is -1.36. The first kappa shape index (κ1) is 34.5. The molecule has 0 aromatic carbocycles. The van der Waals surface area contributed by atoms with Crippen molar-refractivity contribution in [2.24, 2.45) is 33.8 Å². The van der Waals surface area contributed by atoms with Gasteiger partial charge in [0.15, 0.2) is 5.96 Å². The highest BCUT2D eigenvalue weighted by Crippen LogP contribution is 2.08. The van der Waals surface area contributed by atoms with Gasteiger partial charge in [0.05, 0.1) is 6.04 Å². The Morgan fingerprint density at radius 3 is 1.82 bits per heavy atom. The lowest BCUT2D eigenvalue weighted by Crippen LogP contribution is -2.57. The van der Waals surface area contributed by atoms with E-state index >= 15 is 0 Å². The fourth-order valence-electron chi connectivity index (χ4n) is 3.50. The summed E-state index contributed by atoms with van der Waals surface area (Å²) in [7, 11) is 0. The van der Waals surface area contributed by atoms with E-state index in [4.69, 9.17) is 28.0 Å². The fraction of sp³-hybridized carbons (Fsp3) is 0.739. The van der Waals surface area contributed by atoms with E-state index < -0.39 is 60.2 Å². The van der Waals surface area contributed by atoms with Crippen molar-refractivity contribution in [1.29, 1.82) is 0 Å². The molecule has 3 amide bonds. The molecule has 15 heteroatoms. The van der Waals surface area contributed by atoms with E-state index in [0.29, 0.717) is 32.2 Å². The van der Waals surface area contributed by atoms with E-state index in [0.717, 1.165) is 0 Å². The Kier molecular flexibility index (Phi) is 17.0. The van der Waals surface area contributed by atoms with E-state index in [1.54, 1.807) is 0 Å². The Morgan fingerprint density at radius 1 is 0.789 bits per heavy atom. The molecule has 0 aliphatic carbocycles. The molecule has 218 valence electrons.